The third-order valence-corrected chi connectivity index (χ3v) is 4.41. The van der Waals surface area contributed by atoms with Gasteiger partial charge in [-0.05, 0) is 37.8 Å². The second-order valence-corrected chi connectivity index (χ2v) is 6.20. The summed E-state index contributed by atoms with van der Waals surface area (Å²) in [5, 5.41) is 0. The molecule has 0 aliphatic carbocycles. The summed E-state index contributed by atoms with van der Waals surface area (Å²) in [6, 6.07) is 10.1. The fourth-order valence-corrected chi connectivity index (χ4v) is 3.23. The largest absolute Gasteiger partial charge is 0.354 e. The van der Waals surface area contributed by atoms with Gasteiger partial charge in [0.05, 0.1) is 0 Å². The van der Waals surface area contributed by atoms with E-state index in [4.69, 9.17) is 5.73 Å². The highest BCUT2D eigenvalue weighted by atomic mass is 16.2. The van der Waals surface area contributed by atoms with E-state index in [9.17, 15) is 9.59 Å². The maximum absolute atomic E-state index is 13.1. The lowest BCUT2D eigenvalue weighted by Crippen LogP contribution is -2.37. The lowest BCUT2D eigenvalue weighted by Gasteiger charge is -2.22. The molecule has 3 N–H and O–H groups in total. The third kappa shape index (κ3) is 4.37. The Hall–Kier alpha value is -2.40. The van der Waals surface area contributed by atoms with Gasteiger partial charge in [0.2, 0.25) is 0 Å². The van der Waals surface area contributed by atoms with Crippen LogP contribution in [0.15, 0.2) is 30.3 Å². The molecular weight excluding hydrogens is 314 g/mol. The Bertz CT molecular complexity index is 735. The van der Waals surface area contributed by atoms with E-state index in [1.165, 1.54) is 12.5 Å². The van der Waals surface area contributed by atoms with Gasteiger partial charge in [-0.15, -0.1) is 0 Å². The normalized spacial score (nSPS) is 10.7. The summed E-state index contributed by atoms with van der Waals surface area (Å²) < 4.78 is 0. The molecule has 25 heavy (non-hydrogen) atoms. The van der Waals surface area contributed by atoms with E-state index < -0.39 is 0 Å². The number of carbonyl (C=O) groups excluding carboxylic acids is 2. The Morgan fingerprint density at radius 2 is 1.84 bits per heavy atom. The van der Waals surface area contributed by atoms with Gasteiger partial charge in [-0.2, -0.15) is 0 Å². The topological polar surface area (TPSA) is 79.2 Å². The second-order valence-electron chi connectivity index (χ2n) is 6.20. The molecule has 0 bridgehead atoms. The first-order chi connectivity index (χ1) is 12.0. The van der Waals surface area contributed by atoms with Crippen LogP contribution >= 0.6 is 0 Å². The number of amides is 1. The second kappa shape index (κ2) is 8.62. The van der Waals surface area contributed by atoms with Gasteiger partial charge in [-0.3, -0.25) is 9.59 Å². The van der Waals surface area contributed by atoms with E-state index >= 15 is 0 Å². The van der Waals surface area contributed by atoms with Crippen molar-refractivity contribution < 1.29 is 9.59 Å². The number of benzene rings is 1. The molecule has 1 aromatic heterocycles. The lowest BCUT2D eigenvalue weighted by molar-refractivity contribution is 0.0755. The van der Waals surface area contributed by atoms with Crippen molar-refractivity contribution in [3.63, 3.8) is 0 Å². The van der Waals surface area contributed by atoms with Crippen LogP contribution in [-0.4, -0.2) is 41.2 Å². The number of hydrogen-bond acceptors (Lipinski definition) is 3. The van der Waals surface area contributed by atoms with Crippen LogP contribution in [0.4, 0.5) is 0 Å². The minimum absolute atomic E-state index is 0.0145. The number of aromatic amines is 1. The summed E-state index contributed by atoms with van der Waals surface area (Å²) in [7, 11) is 0. The molecule has 0 radical (unpaired) electrons. The first kappa shape index (κ1) is 18.9. The number of H-pyrrole nitrogens is 1. The zero-order chi connectivity index (χ0) is 18.4. The number of nitrogens with one attached hydrogen (secondary N) is 1. The van der Waals surface area contributed by atoms with E-state index in [0.29, 0.717) is 37.3 Å². The van der Waals surface area contributed by atoms with Crippen molar-refractivity contribution >= 4 is 11.7 Å². The van der Waals surface area contributed by atoms with Gasteiger partial charge in [0.1, 0.15) is 5.69 Å². The standard InChI is InChI=1S/C20H27N3O2/c1-4-17-18(15(3)24)14(2)22-19(17)20(25)23(13-11-21)12-10-16-8-6-5-7-9-16/h5-9,22H,4,10-13,21H2,1-3H3. The maximum atomic E-state index is 13.1. The molecule has 0 spiro atoms. The van der Waals surface area contributed by atoms with Crippen LogP contribution in [0.5, 0.6) is 0 Å². The van der Waals surface area contributed by atoms with Gasteiger partial charge in [-0.25, -0.2) is 0 Å². The molecule has 0 unspecified atom stereocenters. The lowest BCUT2D eigenvalue weighted by atomic mass is 10.0. The van der Waals surface area contributed by atoms with Crippen molar-refractivity contribution in [3.8, 4) is 0 Å². The van der Waals surface area contributed by atoms with Crippen LogP contribution < -0.4 is 5.73 Å². The van der Waals surface area contributed by atoms with Crippen LogP contribution in [0, 0.1) is 6.92 Å². The van der Waals surface area contributed by atoms with E-state index in [-0.39, 0.29) is 11.7 Å². The summed E-state index contributed by atoms with van der Waals surface area (Å²) in [6.45, 7) is 6.82. The number of aryl methyl sites for hydroxylation is 1. The molecule has 2 rings (SSSR count). The van der Waals surface area contributed by atoms with Crippen molar-refractivity contribution in [1.29, 1.82) is 0 Å². The van der Waals surface area contributed by atoms with Crippen molar-refractivity contribution in [2.75, 3.05) is 19.6 Å². The number of nitrogens with two attached hydrogens (primary N) is 1. The molecule has 5 nitrogen and oxygen atoms in total. The van der Waals surface area contributed by atoms with E-state index in [1.807, 2.05) is 32.0 Å². The van der Waals surface area contributed by atoms with Crippen LogP contribution in [0.25, 0.3) is 0 Å². The molecule has 5 heteroatoms. The molecule has 1 heterocycles. The van der Waals surface area contributed by atoms with Crippen LogP contribution in [0.2, 0.25) is 0 Å². The Kier molecular flexibility index (Phi) is 6.53. The highest BCUT2D eigenvalue weighted by Crippen LogP contribution is 2.22. The molecule has 2 aromatic rings. The Morgan fingerprint density at radius 1 is 1.16 bits per heavy atom. The number of ketones is 1. The van der Waals surface area contributed by atoms with Crippen molar-refractivity contribution in [1.82, 2.24) is 9.88 Å². The molecule has 0 aliphatic rings. The van der Waals surface area contributed by atoms with Gasteiger partial charge in [0.15, 0.2) is 5.78 Å². The van der Waals surface area contributed by atoms with Crippen LogP contribution in [-0.2, 0) is 12.8 Å². The van der Waals surface area contributed by atoms with Gasteiger partial charge < -0.3 is 15.6 Å². The number of rotatable bonds is 8. The van der Waals surface area contributed by atoms with Crippen molar-refractivity contribution in [3.05, 3.63) is 58.4 Å². The van der Waals surface area contributed by atoms with Gasteiger partial charge in [0, 0.05) is 30.9 Å². The first-order valence-corrected chi connectivity index (χ1v) is 8.75. The highest BCUT2D eigenvalue weighted by Gasteiger charge is 2.24. The van der Waals surface area contributed by atoms with E-state index in [0.717, 1.165) is 17.7 Å². The van der Waals surface area contributed by atoms with E-state index in [2.05, 4.69) is 17.1 Å². The number of aromatic nitrogens is 1. The minimum Gasteiger partial charge on any atom is -0.354 e. The number of nitrogens with zero attached hydrogens (tertiary/aromatic N) is 1. The number of hydrogen-bond donors (Lipinski definition) is 2. The van der Waals surface area contributed by atoms with Gasteiger partial charge in [-0.1, -0.05) is 37.3 Å². The molecule has 134 valence electrons. The predicted octanol–water partition coefficient (Wildman–Crippen LogP) is 2.73. The number of Topliss-reactive ketones (excluding diaryl/α,β-unsaturated/α-hetero) is 1. The molecule has 1 aromatic carbocycles. The summed E-state index contributed by atoms with van der Waals surface area (Å²) in [5.74, 6) is -0.104. The fourth-order valence-electron chi connectivity index (χ4n) is 3.23. The summed E-state index contributed by atoms with van der Waals surface area (Å²) in [5.41, 5.74) is 9.61. The average molecular weight is 341 g/mol. The Labute approximate surface area is 149 Å². The monoisotopic (exact) mass is 341 g/mol. The molecule has 0 fully saturated rings. The minimum atomic E-state index is -0.0890. The molecule has 0 saturated heterocycles. The molecule has 0 saturated carbocycles. The van der Waals surface area contributed by atoms with Crippen molar-refractivity contribution in [2.45, 2.75) is 33.6 Å². The first-order valence-electron chi connectivity index (χ1n) is 8.75. The van der Waals surface area contributed by atoms with Crippen LogP contribution in [0.1, 0.15) is 51.5 Å². The van der Waals surface area contributed by atoms with Gasteiger partial charge in [0.25, 0.3) is 5.91 Å². The van der Waals surface area contributed by atoms with Gasteiger partial charge >= 0.3 is 0 Å². The third-order valence-electron chi connectivity index (χ3n) is 4.41. The fraction of sp³-hybridized carbons (Fsp3) is 0.400. The maximum Gasteiger partial charge on any atom is 0.270 e. The van der Waals surface area contributed by atoms with Crippen LogP contribution in [0.3, 0.4) is 0 Å². The molecule has 0 atom stereocenters. The zero-order valence-electron chi connectivity index (χ0n) is 15.3. The molecule has 1 amide bonds. The number of carbonyl (C=O) groups is 2. The summed E-state index contributed by atoms with van der Waals surface area (Å²) in [4.78, 5) is 29.9. The smallest absolute Gasteiger partial charge is 0.270 e. The summed E-state index contributed by atoms with van der Waals surface area (Å²) in [6.07, 6.45) is 1.41. The Balaban J connectivity index is 2.25. The zero-order valence-corrected chi connectivity index (χ0v) is 15.3. The van der Waals surface area contributed by atoms with E-state index in [1.54, 1.807) is 4.90 Å². The molecule has 0 aliphatic heterocycles. The highest BCUT2D eigenvalue weighted by molar-refractivity contribution is 6.02. The Morgan fingerprint density at radius 3 is 2.40 bits per heavy atom. The predicted molar refractivity (Wildman–Crippen MR) is 100 cm³/mol. The molecular formula is C20H27N3O2. The SMILES string of the molecule is CCc1c(C(=O)N(CCN)CCc2ccccc2)[nH]c(C)c1C(C)=O. The average Bonchev–Trinajstić information content (AvgIpc) is 2.95. The quantitative estimate of drug-likeness (QED) is 0.725. The summed E-state index contributed by atoms with van der Waals surface area (Å²) >= 11 is 0. The van der Waals surface area contributed by atoms with Crippen molar-refractivity contribution in [2.24, 2.45) is 5.73 Å².